The van der Waals surface area contributed by atoms with E-state index in [-0.39, 0.29) is 18.5 Å². The highest BCUT2D eigenvalue weighted by Gasteiger charge is 2.20. The smallest absolute Gasteiger partial charge is 0.306 e. The SMILES string of the molecule is COc1ccc2nc(NC(=O)COC(=O)CC3CCCC3)sc2c1. The van der Waals surface area contributed by atoms with Gasteiger partial charge in [0.1, 0.15) is 5.75 Å². The number of benzene rings is 1. The fourth-order valence-electron chi connectivity index (χ4n) is 2.90. The van der Waals surface area contributed by atoms with Crippen LogP contribution >= 0.6 is 11.3 Å². The molecule has 0 spiro atoms. The molecule has 1 N–H and O–H groups in total. The monoisotopic (exact) mass is 348 g/mol. The number of nitrogens with zero attached hydrogens (tertiary/aromatic N) is 1. The van der Waals surface area contributed by atoms with Crippen molar-refractivity contribution in [2.45, 2.75) is 32.1 Å². The zero-order valence-electron chi connectivity index (χ0n) is 13.5. The van der Waals surface area contributed by atoms with Crippen molar-refractivity contribution >= 4 is 38.6 Å². The number of methoxy groups -OCH3 is 1. The number of carbonyl (C=O) groups is 2. The van der Waals surface area contributed by atoms with E-state index in [1.165, 1.54) is 24.2 Å². The number of aromatic nitrogens is 1. The number of amides is 1. The molecule has 1 aliphatic rings. The molecule has 2 aromatic rings. The average Bonchev–Trinajstić information content (AvgIpc) is 3.21. The second kappa shape index (κ2) is 7.61. The molecule has 0 atom stereocenters. The largest absolute Gasteiger partial charge is 0.497 e. The highest BCUT2D eigenvalue weighted by molar-refractivity contribution is 7.22. The Hall–Kier alpha value is -2.15. The minimum atomic E-state index is -0.374. The number of anilines is 1. The van der Waals surface area contributed by atoms with Crippen LogP contribution in [0.5, 0.6) is 5.75 Å². The molecule has 0 unspecified atom stereocenters. The summed E-state index contributed by atoms with van der Waals surface area (Å²) >= 11 is 1.35. The maximum absolute atomic E-state index is 11.9. The Bertz CT molecular complexity index is 737. The van der Waals surface area contributed by atoms with Crippen molar-refractivity contribution in [3.8, 4) is 5.75 Å². The van der Waals surface area contributed by atoms with Crippen molar-refractivity contribution in [3.63, 3.8) is 0 Å². The van der Waals surface area contributed by atoms with Gasteiger partial charge in [0.15, 0.2) is 11.7 Å². The van der Waals surface area contributed by atoms with E-state index in [1.807, 2.05) is 18.2 Å². The summed E-state index contributed by atoms with van der Waals surface area (Å²) in [6.07, 6.45) is 4.93. The van der Waals surface area contributed by atoms with Gasteiger partial charge in [-0.05, 0) is 37.0 Å². The number of esters is 1. The Labute approximate surface area is 144 Å². The number of rotatable bonds is 6. The first kappa shape index (κ1) is 16.7. The minimum Gasteiger partial charge on any atom is -0.497 e. The highest BCUT2D eigenvalue weighted by Crippen LogP contribution is 2.29. The van der Waals surface area contributed by atoms with Crippen molar-refractivity contribution in [3.05, 3.63) is 18.2 Å². The lowest BCUT2D eigenvalue weighted by Gasteiger charge is -2.08. The van der Waals surface area contributed by atoms with Gasteiger partial charge in [-0.2, -0.15) is 0 Å². The van der Waals surface area contributed by atoms with Gasteiger partial charge >= 0.3 is 5.97 Å². The average molecular weight is 348 g/mol. The molecule has 1 fully saturated rings. The molecule has 0 saturated heterocycles. The highest BCUT2D eigenvalue weighted by atomic mass is 32.1. The number of carbonyl (C=O) groups excluding carboxylic acids is 2. The van der Waals surface area contributed by atoms with Crippen LogP contribution in [0, 0.1) is 5.92 Å². The Morgan fingerprint density at radius 2 is 2.12 bits per heavy atom. The van der Waals surface area contributed by atoms with Gasteiger partial charge in [0.2, 0.25) is 0 Å². The molecule has 24 heavy (non-hydrogen) atoms. The van der Waals surface area contributed by atoms with E-state index in [1.54, 1.807) is 7.11 Å². The van der Waals surface area contributed by atoms with Gasteiger partial charge in [-0.15, -0.1) is 0 Å². The van der Waals surface area contributed by atoms with Gasteiger partial charge in [-0.25, -0.2) is 4.98 Å². The normalized spacial score (nSPS) is 14.7. The fourth-order valence-corrected chi connectivity index (χ4v) is 3.81. The third-order valence-corrected chi connectivity index (χ3v) is 5.07. The van der Waals surface area contributed by atoms with E-state index in [0.717, 1.165) is 28.8 Å². The predicted molar refractivity (Wildman–Crippen MR) is 92.3 cm³/mol. The van der Waals surface area contributed by atoms with E-state index in [0.29, 0.717) is 17.5 Å². The summed E-state index contributed by atoms with van der Waals surface area (Å²) in [6, 6.07) is 5.52. The molecule has 3 rings (SSSR count). The number of ether oxygens (including phenoxy) is 2. The molecule has 7 heteroatoms. The summed E-state index contributed by atoms with van der Waals surface area (Å²) in [7, 11) is 1.60. The van der Waals surface area contributed by atoms with Crippen LogP contribution in [0.15, 0.2) is 18.2 Å². The molecule has 1 saturated carbocycles. The van der Waals surface area contributed by atoms with Crippen molar-refractivity contribution < 1.29 is 19.1 Å². The summed E-state index contributed by atoms with van der Waals surface area (Å²) in [6.45, 7) is -0.273. The Kier molecular flexibility index (Phi) is 5.30. The number of fused-ring (bicyclic) bond motifs is 1. The summed E-state index contributed by atoms with van der Waals surface area (Å²) in [5.74, 6) is 0.483. The lowest BCUT2D eigenvalue weighted by molar-refractivity contribution is -0.148. The fraction of sp³-hybridized carbons (Fsp3) is 0.471. The molecule has 1 aliphatic carbocycles. The third kappa shape index (κ3) is 4.23. The first-order chi connectivity index (χ1) is 11.6. The van der Waals surface area contributed by atoms with Gasteiger partial charge in [0, 0.05) is 6.42 Å². The molecule has 0 radical (unpaired) electrons. The van der Waals surface area contributed by atoms with Crippen LogP contribution in [0.2, 0.25) is 0 Å². The molecule has 1 heterocycles. The summed E-state index contributed by atoms with van der Waals surface area (Å²) < 4.78 is 11.1. The van der Waals surface area contributed by atoms with Crippen LogP contribution < -0.4 is 10.1 Å². The van der Waals surface area contributed by atoms with Crippen molar-refractivity contribution in [1.82, 2.24) is 4.98 Å². The van der Waals surface area contributed by atoms with Crippen molar-refractivity contribution in [2.75, 3.05) is 19.0 Å². The number of hydrogen-bond acceptors (Lipinski definition) is 6. The van der Waals surface area contributed by atoms with Crippen LogP contribution in [0.4, 0.5) is 5.13 Å². The van der Waals surface area contributed by atoms with Gasteiger partial charge in [-0.3, -0.25) is 14.9 Å². The molecule has 1 amide bonds. The number of hydrogen-bond donors (Lipinski definition) is 1. The minimum absolute atomic E-state index is 0.273. The van der Waals surface area contributed by atoms with Crippen LogP contribution in [-0.2, 0) is 14.3 Å². The second-order valence-electron chi connectivity index (χ2n) is 5.92. The lowest BCUT2D eigenvalue weighted by Crippen LogP contribution is -2.21. The molecule has 0 aliphatic heterocycles. The standard InChI is InChI=1S/C17H20N2O4S/c1-22-12-6-7-13-14(9-12)24-17(18-13)19-15(20)10-23-16(21)8-11-4-2-3-5-11/h6-7,9,11H,2-5,8,10H2,1H3,(H,18,19,20). The van der Waals surface area contributed by atoms with E-state index < -0.39 is 0 Å². The van der Waals surface area contributed by atoms with Gasteiger partial charge in [0.05, 0.1) is 17.3 Å². The van der Waals surface area contributed by atoms with E-state index in [9.17, 15) is 9.59 Å². The molecular weight excluding hydrogens is 328 g/mol. The summed E-state index contributed by atoms with van der Waals surface area (Å²) in [5.41, 5.74) is 0.786. The number of nitrogens with one attached hydrogen (secondary N) is 1. The van der Waals surface area contributed by atoms with Gasteiger partial charge in [-0.1, -0.05) is 24.2 Å². The molecule has 128 valence electrons. The first-order valence-corrected chi connectivity index (χ1v) is 8.86. The molecular formula is C17H20N2O4S. The first-order valence-electron chi connectivity index (χ1n) is 8.04. The van der Waals surface area contributed by atoms with Crippen LogP contribution in [-0.4, -0.2) is 30.6 Å². The second-order valence-corrected chi connectivity index (χ2v) is 6.95. The summed E-state index contributed by atoms with van der Waals surface area (Å²) in [5, 5.41) is 3.15. The van der Waals surface area contributed by atoms with Gasteiger partial charge < -0.3 is 9.47 Å². The predicted octanol–water partition coefficient (Wildman–Crippen LogP) is 3.37. The quantitative estimate of drug-likeness (QED) is 0.810. The summed E-state index contributed by atoms with van der Waals surface area (Å²) in [4.78, 5) is 28.0. The van der Waals surface area contributed by atoms with Crippen molar-refractivity contribution in [1.29, 1.82) is 0 Å². The van der Waals surface area contributed by atoms with E-state index in [2.05, 4.69) is 10.3 Å². The van der Waals surface area contributed by atoms with E-state index in [4.69, 9.17) is 9.47 Å². The van der Waals surface area contributed by atoms with Gasteiger partial charge in [0.25, 0.3) is 5.91 Å². The Morgan fingerprint density at radius 1 is 1.33 bits per heavy atom. The Balaban J connectivity index is 1.50. The zero-order valence-corrected chi connectivity index (χ0v) is 14.4. The van der Waals surface area contributed by atoms with Crippen molar-refractivity contribution in [2.24, 2.45) is 5.92 Å². The number of thiazole rings is 1. The maximum atomic E-state index is 11.9. The molecule has 1 aromatic carbocycles. The maximum Gasteiger partial charge on any atom is 0.306 e. The topological polar surface area (TPSA) is 77.5 Å². The molecule has 0 bridgehead atoms. The van der Waals surface area contributed by atoms with Crippen LogP contribution in [0.1, 0.15) is 32.1 Å². The van der Waals surface area contributed by atoms with E-state index >= 15 is 0 Å². The molecule has 6 nitrogen and oxygen atoms in total. The Morgan fingerprint density at radius 3 is 2.88 bits per heavy atom. The molecule has 1 aromatic heterocycles. The lowest BCUT2D eigenvalue weighted by atomic mass is 10.1. The third-order valence-electron chi connectivity index (χ3n) is 4.14. The zero-order chi connectivity index (χ0) is 16.9. The van der Waals surface area contributed by atoms with Crippen LogP contribution in [0.3, 0.4) is 0 Å². The van der Waals surface area contributed by atoms with Crippen LogP contribution in [0.25, 0.3) is 10.2 Å².